The number of hydrogen-bond acceptors (Lipinski definition) is 3. The summed E-state index contributed by atoms with van der Waals surface area (Å²) in [4.78, 5) is 25.7. The van der Waals surface area contributed by atoms with Crippen LogP contribution in [0.15, 0.2) is 60.7 Å². The van der Waals surface area contributed by atoms with E-state index in [2.05, 4.69) is 27.7 Å². The van der Waals surface area contributed by atoms with Gasteiger partial charge in [0.1, 0.15) is 0 Å². The quantitative estimate of drug-likeness (QED) is 0.717. The third-order valence-electron chi connectivity index (χ3n) is 3.66. The van der Waals surface area contributed by atoms with Crippen molar-refractivity contribution in [3.05, 3.63) is 77.4 Å². The van der Waals surface area contributed by atoms with Crippen LogP contribution in [0.2, 0.25) is 0 Å². The van der Waals surface area contributed by atoms with E-state index in [1.54, 1.807) is 6.08 Å². The van der Waals surface area contributed by atoms with E-state index >= 15 is 0 Å². The van der Waals surface area contributed by atoms with Crippen molar-refractivity contribution < 1.29 is 9.59 Å². The van der Waals surface area contributed by atoms with Gasteiger partial charge in [0.25, 0.3) is 0 Å². The molecule has 2 aromatic carbocycles. The van der Waals surface area contributed by atoms with Crippen molar-refractivity contribution in [3.8, 4) is 0 Å². The Kier molecular flexibility index (Phi) is 7.58. The number of nitrogens with zero attached hydrogens (tertiary/aromatic N) is 1. The molecule has 0 radical (unpaired) electrons. The summed E-state index contributed by atoms with van der Waals surface area (Å²) in [5.41, 5.74) is 3.18. The number of amides is 2. The molecule has 0 spiro atoms. The number of rotatable bonds is 8. The highest BCUT2D eigenvalue weighted by Crippen LogP contribution is 2.06. The largest absolute Gasteiger partial charge is 0.350 e. The van der Waals surface area contributed by atoms with E-state index < -0.39 is 0 Å². The minimum absolute atomic E-state index is 0.0450. The standard InChI is InChI=1S/C21H25N3O2/c1-24(2)16-19-10-8-18(9-11-19)14-22-21(26)15-23-20(25)13-12-17-6-4-3-5-7-17/h3-13H,14-16H2,1-2H3,(H,22,26)(H,23,25)/b13-12+. The van der Waals surface area contributed by atoms with E-state index in [1.165, 1.54) is 11.6 Å². The minimum Gasteiger partial charge on any atom is -0.350 e. The summed E-state index contributed by atoms with van der Waals surface area (Å²) in [6.45, 7) is 1.28. The van der Waals surface area contributed by atoms with Crippen molar-refractivity contribution >= 4 is 17.9 Å². The zero-order chi connectivity index (χ0) is 18.8. The van der Waals surface area contributed by atoms with Gasteiger partial charge in [0.2, 0.25) is 11.8 Å². The molecular formula is C21H25N3O2. The first-order chi connectivity index (χ1) is 12.5. The van der Waals surface area contributed by atoms with Gasteiger partial charge in [0.15, 0.2) is 0 Å². The molecule has 0 saturated heterocycles. The second-order valence-corrected chi connectivity index (χ2v) is 6.29. The fourth-order valence-corrected chi connectivity index (χ4v) is 2.35. The topological polar surface area (TPSA) is 61.4 Å². The molecule has 0 aliphatic carbocycles. The molecule has 0 aromatic heterocycles. The van der Waals surface area contributed by atoms with Crippen molar-refractivity contribution in [1.82, 2.24) is 15.5 Å². The highest BCUT2D eigenvalue weighted by molar-refractivity contribution is 5.94. The minimum atomic E-state index is -0.294. The van der Waals surface area contributed by atoms with Gasteiger partial charge in [-0.3, -0.25) is 9.59 Å². The fraction of sp³-hybridized carbons (Fsp3) is 0.238. The summed E-state index contributed by atoms with van der Waals surface area (Å²) in [6, 6.07) is 17.6. The summed E-state index contributed by atoms with van der Waals surface area (Å²) in [6.07, 6.45) is 3.13. The van der Waals surface area contributed by atoms with Crippen molar-refractivity contribution in [2.45, 2.75) is 13.1 Å². The Morgan fingerprint density at radius 3 is 2.23 bits per heavy atom. The summed E-state index contributed by atoms with van der Waals surface area (Å²) in [7, 11) is 4.05. The molecule has 0 aliphatic rings. The highest BCUT2D eigenvalue weighted by Gasteiger charge is 2.03. The normalized spacial score (nSPS) is 10.9. The average Bonchev–Trinajstić information content (AvgIpc) is 2.64. The third-order valence-corrected chi connectivity index (χ3v) is 3.66. The van der Waals surface area contributed by atoms with Crippen molar-refractivity contribution in [2.24, 2.45) is 0 Å². The van der Waals surface area contributed by atoms with Crippen molar-refractivity contribution in [3.63, 3.8) is 0 Å². The van der Waals surface area contributed by atoms with Gasteiger partial charge in [-0.15, -0.1) is 0 Å². The Labute approximate surface area is 154 Å². The number of nitrogens with one attached hydrogen (secondary N) is 2. The summed E-state index contributed by atoms with van der Waals surface area (Å²) < 4.78 is 0. The summed E-state index contributed by atoms with van der Waals surface area (Å²) in [5.74, 6) is -0.513. The summed E-state index contributed by atoms with van der Waals surface area (Å²) in [5, 5.41) is 5.38. The third kappa shape index (κ3) is 7.32. The van der Waals surface area contributed by atoms with Crippen LogP contribution in [0.1, 0.15) is 16.7 Å². The SMILES string of the molecule is CN(C)Cc1ccc(CNC(=O)CNC(=O)/C=C/c2ccccc2)cc1. The lowest BCUT2D eigenvalue weighted by molar-refractivity contribution is -0.124. The van der Waals surface area contributed by atoms with Crippen LogP contribution in [-0.2, 0) is 22.7 Å². The number of carbonyl (C=O) groups excluding carboxylic acids is 2. The zero-order valence-corrected chi connectivity index (χ0v) is 15.2. The van der Waals surface area contributed by atoms with E-state index in [0.717, 1.165) is 17.7 Å². The number of carbonyl (C=O) groups is 2. The highest BCUT2D eigenvalue weighted by atomic mass is 16.2. The lowest BCUT2D eigenvalue weighted by Crippen LogP contribution is -2.35. The van der Waals surface area contributed by atoms with Crippen LogP contribution in [0.5, 0.6) is 0 Å². The Morgan fingerprint density at radius 2 is 1.58 bits per heavy atom. The second-order valence-electron chi connectivity index (χ2n) is 6.29. The Hall–Kier alpha value is -2.92. The molecule has 5 nitrogen and oxygen atoms in total. The maximum absolute atomic E-state index is 11.9. The zero-order valence-electron chi connectivity index (χ0n) is 15.2. The smallest absolute Gasteiger partial charge is 0.244 e. The lowest BCUT2D eigenvalue weighted by Gasteiger charge is -2.10. The van der Waals surface area contributed by atoms with Gasteiger partial charge in [-0.1, -0.05) is 54.6 Å². The Balaban J connectivity index is 1.70. The van der Waals surface area contributed by atoms with Crippen LogP contribution in [0.4, 0.5) is 0 Å². The number of benzene rings is 2. The molecule has 26 heavy (non-hydrogen) atoms. The van der Waals surface area contributed by atoms with E-state index in [-0.39, 0.29) is 18.4 Å². The first-order valence-corrected chi connectivity index (χ1v) is 8.53. The molecule has 2 amide bonds. The summed E-state index contributed by atoms with van der Waals surface area (Å²) >= 11 is 0. The Bertz CT molecular complexity index is 738. The molecule has 0 heterocycles. The van der Waals surface area contributed by atoms with Crippen molar-refractivity contribution in [1.29, 1.82) is 0 Å². The molecule has 0 bridgehead atoms. The monoisotopic (exact) mass is 351 g/mol. The molecule has 0 unspecified atom stereocenters. The lowest BCUT2D eigenvalue weighted by atomic mass is 10.1. The maximum atomic E-state index is 11.9. The van der Waals surface area contributed by atoms with E-state index in [4.69, 9.17) is 0 Å². The molecule has 2 rings (SSSR count). The molecule has 136 valence electrons. The molecule has 0 aliphatic heterocycles. The van der Waals surface area contributed by atoms with Gasteiger partial charge >= 0.3 is 0 Å². The molecule has 2 N–H and O–H groups in total. The Morgan fingerprint density at radius 1 is 0.923 bits per heavy atom. The maximum Gasteiger partial charge on any atom is 0.244 e. The van der Waals surface area contributed by atoms with Crippen LogP contribution >= 0.6 is 0 Å². The molecule has 2 aromatic rings. The average molecular weight is 351 g/mol. The predicted octanol–water partition coefficient (Wildman–Crippen LogP) is 2.19. The van der Waals surface area contributed by atoms with Crippen LogP contribution in [0.25, 0.3) is 6.08 Å². The van der Waals surface area contributed by atoms with Crippen LogP contribution in [0, 0.1) is 0 Å². The van der Waals surface area contributed by atoms with Crippen LogP contribution in [0.3, 0.4) is 0 Å². The molecule has 0 fully saturated rings. The molecule has 0 atom stereocenters. The first-order valence-electron chi connectivity index (χ1n) is 8.53. The van der Waals surface area contributed by atoms with Gasteiger partial charge in [0, 0.05) is 19.2 Å². The molecule has 0 saturated carbocycles. The van der Waals surface area contributed by atoms with Gasteiger partial charge in [-0.25, -0.2) is 0 Å². The van der Waals surface area contributed by atoms with E-state index in [1.807, 2.05) is 56.6 Å². The van der Waals surface area contributed by atoms with E-state index in [9.17, 15) is 9.59 Å². The first kappa shape index (κ1) is 19.4. The van der Waals surface area contributed by atoms with Gasteiger partial charge in [0.05, 0.1) is 6.54 Å². The van der Waals surface area contributed by atoms with Crippen molar-refractivity contribution in [2.75, 3.05) is 20.6 Å². The number of hydrogen-bond donors (Lipinski definition) is 2. The van der Waals surface area contributed by atoms with E-state index in [0.29, 0.717) is 6.54 Å². The van der Waals surface area contributed by atoms with Gasteiger partial charge < -0.3 is 15.5 Å². The molecular weight excluding hydrogens is 326 g/mol. The van der Waals surface area contributed by atoms with Gasteiger partial charge in [-0.2, -0.15) is 0 Å². The second kappa shape index (κ2) is 10.2. The predicted molar refractivity (Wildman–Crippen MR) is 104 cm³/mol. The van der Waals surface area contributed by atoms with Crippen LogP contribution in [-0.4, -0.2) is 37.4 Å². The molecule has 5 heteroatoms. The van der Waals surface area contributed by atoms with Gasteiger partial charge in [-0.05, 0) is 36.9 Å². The fourth-order valence-electron chi connectivity index (χ4n) is 2.35. The van der Waals surface area contributed by atoms with Crippen LogP contribution < -0.4 is 10.6 Å².